The molecule has 3 rings (SSSR count). The second kappa shape index (κ2) is 9.94. The third-order valence-corrected chi connectivity index (χ3v) is 8.74. The van der Waals surface area contributed by atoms with Gasteiger partial charge in [-0.1, -0.05) is 91.0 Å². The van der Waals surface area contributed by atoms with Gasteiger partial charge in [0.1, 0.15) is 0 Å². The molecule has 4 heteroatoms. The Bertz CT molecular complexity index is 1040. The molecule has 0 aliphatic carbocycles. The summed E-state index contributed by atoms with van der Waals surface area (Å²) in [6, 6.07) is 30.7. The molecule has 3 aromatic carbocycles. The monoisotopic (exact) mass is 431 g/mol. The quantitative estimate of drug-likeness (QED) is 0.263. The molecule has 0 fully saturated rings. The molecule has 160 valence electrons. The van der Waals surface area contributed by atoms with Crippen LogP contribution in [0, 0.1) is 0 Å². The molecular weight excluding hydrogens is 401 g/mol. The van der Waals surface area contributed by atoms with Crippen molar-refractivity contribution in [1.29, 1.82) is 0 Å². The molecule has 0 bridgehead atoms. The zero-order valence-corrected chi connectivity index (χ0v) is 19.6. The average Bonchev–Trinajstić information content (AvgIpc) is 2.77. The highest BCUT2D eigenvalue weighted by Gasteiger charge is 2.33. The van der Waals surface area contributed by atoms with Gasteiger partial charge in [0.2, 0.25) is 0 Å². The summed E-state index contributed by atoms with van der Waals surface area (Å²) >= 11 is 0. The average molecular weight is 432 g/mol. The molecule has 0 unspecified atom stereocenters. The normalized spacial score (nSPS) is 12.3. The van der Waals surface area contributed by atoms with Crippen LogP contribution >= 0.6 is 7.05 Å². The number of carbonyl (C=O) groups excluding carboxylic acids is 1. The maximum Gasteiger partial charge on any atom is 0.331 e. The molecule has 0 amide bonds. The lowest BCUT2D eigenvalue weighted by molar-refractivity contribution is -0.137. The van der Waals surface area contributed by atoms with E-state index < -0.39 is 7.05 Å². The molecule has 31 heavy (non-hydrogen) atoms. The zero-order chi connectivity index (χ0) is 22.3. The maximum atomic E-state index is 12.8. The standard InChI is InChI=1S/C27H30NO2P/c1-5-30-26(29)21-25(22-15-9-6-10-16-22)31(28-27(2,3)4,23-17-11-7-12-18-23)24-19-13-8-14-20-24/h6-21H,5H2,1-4H3/b25-21+. The van der Waals surface area contributed by atoms with Gasteiger partial charge < -0.3 is 4.74 Å². The minimum atomic E-state index is -2.55. The van der Waals surface area contributed by atoms with Crippen molar-refractivity contribution >= 4 is 28.9 Å². The van der Waals surface area contributed by atoms with Gasteiger partial charge in [-0.15, -0.1) is 0 Å². The first kappa shape index (κ1) is 22.8. The summed E-state index contributed by atoms with van der Waals surface area (Å²) in [6.07, 6.45) is 1.65. The van der Waals surface area contributed by atoms with Crippen LogP contribution in [-0.4, -0.2) is 18.1 Å². The first-order valence-electron chi connectivity index (χ1n) is 10.6. The number of hydrogen-bond donors (Lipinski definition) is 0. The fourth-order valence-electron chi connectivity index (χ4n) is 3.60. The minimum Gasteiger partial charge on any atom is -0.463 e. The Hall–Kier alpha value is -2.90. The van der Waals surface area contributed by atoms with Crippen molar-refractivity contribution in [1.82, 2.24) is 0 Å². The van der Waals surface area contributed by atoms with E-state index in [0.717, 1.165) is 21.5 Å². The van der Waals surface area contributed by atoms with Crippen LogP contribution in [0.4, 0.5) is 0 Å². The predicted octanol–water partition coefficient (Wildman–Crippen LogP) is 6.24. The zero-order valence-electron chi connectivity index (χ0n) is 18.7. The molecule has 0 aliphatic heterocycles. The third kappa shape index (κ3) is 5.42. The highest BCUT2D eigenvalue weighted by molar-refractivity contribution is 7.89. The summed E-state index contributed by atoms with van der Waals surface area (Å²) in [5.41, 5.74) is 0.645. The molecule has 0 aromatic heterocycles. The summed E-state index contributed by atoms with van der Waals surface area (Å²) in [4.78, 5) is 12.8. The van der Waals surface area contributed by atoms with Gasteiger partial charge >= 0.3 is 5.97 Å². The lowest BCUT2D eigenvalue weighted by Crippen LogP contribution is -2.22. The van der Waals surface area contributed by atoms with Gasteiger partial charge in [0.05, 0.1) is 19.2 Å². The minimum absolute atomic E-state index is 0.329. The highest BCUT2D eigenvalue weighted by Crippen LogP contribution is 2.61. The van der Waals surface area contributed by atoms with Gasteiger partial charge in [0.25, 0.3) is 0 Å². The van der Waals surface area contributed by atoms with Crippen molar-refractivity contribution in [3.63, 3.8) is 0 Å². The summed E-state index contributed by atoms with van der Waals surface area (Å²) in [5, 5.41) is 3.12. The number of nitrogens with zero attached hydrogens (tertiary/aromatic N) is 1. The van der Waals surface area contributed by atoms with Crippen molar-refractivity contribution in [3.8, 4) is 0 Å². The van der Waals surface area contributed by atoms with Crippen LogP contribution in [0.1, 0.15) is 33.3 Å². The molecule has 0 saturated heterocycles. The van der Waals surface area contributed by atoms with Gasteiger partial charge in [-0.3, -0.25) is 4.74 Å². The van der Waals surface area contributed by atoms with Crippen LogP contribution in [0.2, 0.25) is 0 Å². The topological polar surface area (TPSA) is 38.7 Å². The lowest BCUT2D eigenvalue weighted by atomic mass is 10.1. The Morgan fingerprint density at radius 2 is 1.29 bits per heavy atom. The highest BCUT2D eigenvalue weighted by atomic mass is 31.2. The molecule has 0 saturated carbocycles. The second-order valence-electron chi connectivity index (χ2n) is 8.22. The van der Waals surface area contributed by atoms with E-state index in [9.17, 15) is 4.79 Å². The molecule has 3 nitrogen and oxygen atoms in total. The van der Waals surface area contributed by atoms with Crippen molar-refractivity contribution in [3.05, 3.63) is 103 Å². The second-order valence-corrected chi connectivity index (χ2v) is 11.2. The van der Waals surface area contributed by atoms with Gasteiger partial charge in [0, 0.05) is 22.0 Å². The Morgan fingerprint density at radius 3 is 1.71 bits per heavy atom. The van der Waals surface area contributed by atoms with E-state index in [1.807, 2.05) is 73.7 Å². The van der Waals surface area contributed by atoms with Gasteiger partial charge in [-0.05, 0) is 33.3 Å². The molecule has 3 aromatic rings. The molecule has 0 aliphatic rings. The fraction of sp³-hybridized carbons (Fsp3) is 0.222. The molecule has 0 spiro atoms. The first-order chi connectivity index (χ1) is 14.9. The van der Waals surface area contributed by atoms with Crippen LogP contribution in [0.15, 0.2) is 102 Å². The first-order valence-corrected chi connectivity index (χ1v) is 12.3. The Balaban J connectivity index is 2.50. The van der Waals surface area contributed by atoms with Gasteiger partial charge in [0.15, 0.2) is 0 Å². The maximum absolute atomic E-state index is 12.8. The van der Waals surface area contributed by atoms with Crippen LogP contribution in [-0.2, 0) is 9.53 Å². The van der Waals surface area contributed by atoms with Crippen LogP contribution in [0.3, 0.4) is 0 Å². The van der Waals surface area contributed by atoms with Gasteiger partial charge in [-0.25, -0.2) is 4.79 Å². The number of carbonyl (C=O) groups is 1. The number of esters is 1. The number of rotatable bonds is 6. The smallest absolute Gasteiger partial charge is 0.331 e. The lowest BCUT2D eigenvalue weighted by Gasteiger charge is -2.33. The summed E-state index contributed by atoms with van der Waals surface area (Å²) in [5.74, 6) is -0.346. The molecule has 0 heterocycles. The molecule has 0 radical (unpaired) electrons. The Labute approximate surface area is 185 Å². The summed E-state index contributed by atoms with van der Waals surface area (Å²) < 4.78 is 10.9. The SMILES string of the molecule is CCOC(=O)/C=C(\c1ccccc1)P(=NC(C)(C)C)(c1ccccc1)c1ccccc1. The summed E-state index contributed by atoms with van der Waals surface area (Å²) in [7, 11) is -2.55. The van der Waals surface area contributed by atoms with E-state index in [0.29, 0.717) is 6.61 Å². The molecule has 0 N–H and O–H groups in total. The van der Waals surface area contributed by atoms with Crippen molar-refractivity contribution in [2.24, 2.45) is 4.74 Å². The number of benzene rings is 3. The van der Waals surface area contributed by atoms with Crippen molar-refractivity contribution in [2.45, 2.75) is 33.2 Å². The number of ether oxygens (including phenoxy) is 1. The fourth-order valence-corrected chi connectivity index (χ4v) is 7.72. The molecular formula is C27H30NO2P. The largest absolute Gasteiger partial charge is 0.463 e. The molecule has 0 atom stereocenters. The van der Waals surface area contributed by atoms with E-state index in [4.69, 9.17) is 9.48 Å². The van der Waals surface area contributed by atoms with Crippen LogP contribution in [0.25, 0.3) is 5.31 Å². The van der Waals surface area contributed by atoms with E-state index in [1.54, 1.807) is 6.08 Å². The van der Waals surface area contributed by atoms with E-state index >= 15 is 0 Å². The number of hydrogen-bond acceptors (Lipinski definition) is 3. The van der Waals surface area contributed by atoms with Crippen LogP contribution in [0.5, 0.6) is 0 Å². The Kier molecular flexibility index (Phi) is 7.30. The van der Waals surface area contributed by atoms with E-state index in [1.165, 1.54) is 0 Å². The van der Waals surface area contributed by atoms with Crippen molar-refractivity contribution < 1.29 is 9.53 Å². The van der Waals surface area contributed by atoms with E-state index in [2.05, 4.69) is 45.0 Å². The summed E-state index contributed by atoms with van der Waals surface area (Å²) in [6.45, 7) is 8.49. The van der Waals surface area contributed by atoms with Gasteiger partial charge in [-0.2, -0.15) is 0 Å². The predicted molar refractivity (Wildman–Crippen MR) is 132 cm³/mol. The Morgan fingerprint density at radius 1 is 0.839 bits per heavy atom. The van der Waals surface area contributed by atoms with Crippen LogP contribution < -0.4 is 10.6 Å². The van der Waals surface area contributed by atoms with Crippen molar-refractivity contribution in [2.75, 3.05) is 6.61 Å². The third-order valence-electron chi connectivity index (χ3n) is 4.67. The van der Waals surface area contributed by atoms with E-state index in [-0.39, 0.29) is 11.5 Å².